The highest BCUT2D eigenvalue weighted by molar-refractivity contribution is 14.1. The van der Waals surface area contributed by atoms with Crippen LogP contribution in [0.1, 0.15) is 0 Å². The van der Waals surface area contributed by atoms with Crippen LogP contribution in [0.15, 0.2) is 53.9 Å². The van der Waals surface area contributed by atoms with Crippen LogP contribution in [0.3, 0.4) is 0 Å². The van der Waals surface area contributed by atoms with Gasteiger partial charge in [0.25, 0.3) is 5.91 Å². The van der Waals surface area contributed by atoms with Crippen LogP contribution in [-0.4, -0.2) is 23.6 Å². The molecule has 0 saturated heterocycles. The Hall–Kier alpha value is -2.13. The van der Waals surface area contributed by atoms with Crippen LogP contribution in [-0.2, 0) is 4.79 Å². The van der Waals surface area contributed by atoms with E-state index in [0.717, 1.165) is 11.3 Å². The first kappa shape index (κ1) is 16.3. The zero-order chi connectivity index (χ0) is 17.2. The Morgan fingerprint density at radius 3 is 2.72 bits per heavy atom. The first-order valence-electron chi connectivity index (χ1n) is 7.60. The molecule has 2 aromatic carbocycles. The fraction of sp³-hybridized carbons (Fsp3) is 0.111. The van der Waals surface area contributed by atoms with Crippen molar-refractivity contribution >= 4 is 45.0 Å². The third kappa shape index (κ3) is 3.62. The number of thiazole rings is 1. The van der Waals surface area contributed by atoms with Crippen molar-refractivity contribution < 1.29 is 14.3 Å². The van der Waals surface area contributed by atoms with E-state index in [2.05, 4.69) is 32.9 Å². The lowest BCUT2D eigenvalue weighted by Crippen LogP contribution is -2.40. The van der Waals surface area contributed by atoms with Crippen molar-refractivity contribution in [2.24, 2.45) is 0 Å². The summed E-state index contributed by atoms with van der Waals surface area (Å²) < 4.78 is 12.5. The van der Waals surface area contributed by atoms with Gasteiger partial charge in [0, 0.05) is 14.5 Å². The van der Waals surface area contributed by atoms with Crippen LogP contribution >= 0.6 is 33.9 Å². The molecule has 1 N–H and O–H groups in total. The quantitative estimate of drug-likeness (QED) is 0.591. The number of benzene rings is 2. The van der Waals surface area contributed by atoms with Gasteiger partial charge in [-0.2, -0.15) is 0 Å². The number of rotatable bonds is 3. The topological polar surface area (TPSA) is 60.5 Å². The van der Waals surface area contributed by atoms with Crippen LogP contribution in [0.4, 0.5) is 5.13 Å². The van der Waals surface area contributed by atoms with E-state index in [1.54, 1.807) is 6.07 Å². The van der Waals surface area contributed by atoms with E-state index in [0.29, 0.717) is 16.6 Å². The summed E-state index contributed by atoms with van der Waals surface area (Å²) in [5.41, 5.74) is 1.85. The van der Waals surface area contributed by atoms with Crippen LogP contribution < -0.4 is 14.8 Å². The van der Waals surface area contributed by atoms with Crippen molar-refractivity contribution in [2.45, 2.75) is 6.10 Å². The molecule has 25 heavy (non-hydrogen) atoms. The minimum atomic E-state index is -0.694. The SMILES string of the molecule is O=C(Nc1nc(-c2ccc(I)cc2)cs1)[C@@H]1COc2ccccc2O1. The van der Waals surface area contributed by atoms with Gasteiger partial charge in [-0.1, -0.05) is 24.3 Å². The Morgan fingerprint density at radius 2 is 1.92 bits per heavy atom. The van der Waals surface area contributed by atoms with Crippen molar-refractivity contribution in [2.75, 3.05) is 11.9 Å². The number of para-hydroxylation sites is 2. The highest BCUT2D eigenvalue weighted by Crippen LogP contribution is 2.31. The predicted octanol–water partition coefficient (Wildman–Crippen LogP) is 4.19. The second-order valence-corrected chi connectivity index (χ2v) is 7.50. The normalized spacial score (nSPS) is 15.6. The molecule has 0 aliphatic carbocycles. The van der Waals surface area contributed by atoms with E-state index in [1.165, 1.54) is 14.9 Å². The summed E-state index contributed by atoms with van der Waals surface area (Å²) in [6, 6.07) is 15.4. The van der Waals surface area contributed by atoms with Gasteiger partial charge in [0.2, 0.25) is 6.10 Å². The second-order valence-electron chi connectivity index (χ2n) is 5.40. The van der Waals surface area contributed by atoms with E-state index in [-0.39, 0.29) is 12.5 Å². The molecule has 0 radical (unpaired) electrons. The summed E-state index contributed by atoms with van der Waals surface area (Å²) in [5, 5.41) is 5.27. The van der Waals surface area contributed by atoms with Gasteiger partial charge in [-0.15, -0.1) is 11.3 Å². The molecule has 1 atom stereocenters. The number of aromatic nitrogens is 1. The number of halogens is 1. The molecule has 0 saturated carbocycles. The molecule has 1 aliphatic rings. The largest absolute Gasteiger partial charge is 0.485 e. The number of amides is 1. The van der Waals surface area contributed by atoms with Crippen LogP contribution in [0.2, 0.25) is 0 Å². The number of hydrogen-bond donors (Lipinski definition) is 1. The van der Waals surface area contributed by atoms with E-state index < -0.39 is 6.10 Å². The van der Waals surface area contributed by atoms with Crippen LogP contribution in [0.5, 0.6) is 11.5 Å². The molecule has 1 amide bonds. The molecule has 2 heterocycles. The third-order valence-electron chi connectivity index (χ3n) is 3.68. The van der Waals surface area contributed by atoms with Crippen LogP contribution in [0.25, 0.3) is 11.3 Å². The maximum atomic E-state index is 12.4. The summed E-state index contributed by atoms with van der Waals surface area (Å²) in [4.78, 5) is 16.9. The van der Waals surface area contributed by atoms with Crippen molar-refractivity contribution in [3.63, 3.8) is 0 Å². The maximum absolute atomic E-state index is 12.4. The monoisotopic (exact) mass is 464 g/mol. The highest BCUT2D eigenvalue weighted by atomic mass is 127. The second kappa shape index (κ2) is 7.01. The van der Waals surface area contributed by atoms with Crippen molar-refractivity contribution in [3.8, 4) is 22.8 Å². The smallest absolute Gasteiger partial charge is 0.270 e. The summed E-state index contributed by atoms with van der Waals surface area (Å²) in [7, 11) is 0. The molecule has 0 bridgehead atoms. The number of hydrogen-bond acceptors (Lipinski definition) is 5. The van der Waals surface area contributed by atoms with Crippen molar-refractivity contribution in [3.05, 3.63) is 57.5 Å². The Bertz CT molecular complexity index is 911. The Balaban J connectivity index is 1.44. The fourth-order valence-electron chi connectivity index (χ4n) is 2.42. The minimum absolute atomic E-state index is 0.179. The van der Waals surface area contributed by atoms with E-state index in [9.17, 15) is 4.79 Å². The molecule has 0 unspecified atom stereocenters. The van der Waals surface area contributed by atoms with Crippen molar-refractivity contribution in [1.29, 1.82) is 0 Å². The van der Waals surface area contributed by atoms with Gasteiger partial charge in [0.05, 0.1) is 5.69 Å². The number of fused-ring (bicyclic) bond motifs is 1. The van der Waals surface area contributed by atoms with E-state index >= 15 is 0 Å². The summed E-state index contributed by atoms with van der Waals surface area (Å²) in [6.07, 6.45) is -0.694. The van der Waals surface area contributed by atoms with Gasteiger partial charge in [-0.25, -0.2) is 4.98 Å². The number of carbonyl (C=O) groups excluding carboxylic acids is 1. The lowest BCUT2D eigenvalue weighted by molar-refractivity contribution is -0.125. The first-order valence-corrected chi connectivity index (χ1v) is 9.56. The molecule has 3 aromatic rings. The number of nitrogens with zero attached hydrogens (tertiary/aromatic N) is 1. The lowest BCUT2D eigenvalue weighted by Gasteiger charge is -2.25. The molecule has 4 rings (SSSR count). The van der Waals surface area contributed by atoms with Gasteiger partial charge in [0.15, 0.2) is 16.6 Å². The van der Waals surface area contributed by atoms with E-state index in [1.807, 2.05) is 47.8 Å². The molecule has 126 valence electrons. The molecule has 5 nitrogen and oxygen atoms in total. The Labute approximate surface area is 162 Å². The first-order chi connectivity index (χ1) is 12.2. The number of carbonyl (C=O) groups is 1. The molecule has 0 fully saturated rings. The molecule has 7 heteroatoms. The number of ether oxygens (including phenoxy) is 2. The standard InChI is InChI=1S/C18H13IN2O3S/c19-12-7-5-11(6-8-12)13-10-25-18(20-13)21-17(22)16-9-23-14-3-1-2-4-15(14)24-16/h1-8,10,16H,9H2,(H,20,21,22)/t16-/m0/s1. The summed E-state index contributed by atoms with van der Waals surface area (Å²) in [5.74, 6) is 0.965. The Morgan fingerprint density at radius 1 is 1.16 bits per heavy atom. The minimum Gasteiger partial charge on any atom is -0.485 e. The van der Waals surface area contributed by atoms with Gasteiger partial charge in [-0.3, -0.25) is 10.1 Å². The van der Waals surface area contributed by atoms with Gasteiger partial charge < -0.3 is 9.47 Å². The van der Waals surface area contributed by atoms with Crippen molar-refractivity contribution in [1.82, 2.24) is 4.98 Å². The average Bonchev–Trinajstić information content (AvgIpc) is 3.10. The lowest BCUT2D eigenvalue weighted by atomic mass is 10.2. The van der Waals surface area contributed by atoms with Gasteiger partial charge in [-0.05, 0) is 46.9 Å². The average molecular weight is 464 g/mol. The molecular weight excluding hydrogens is 451 g/mol. The zero-order valence-corrected chi connectivity index (χ0v) is 15.9. The van der Waals surface area contributed by atoms with E-state index in [4.69, 9.17) is 9.47 Å². The summed E-state index contributed by atoms with van der Waals surface area (Å²) >= 11 is 3.65. The highest BCUT2D eigenvalue weighted by Gasteiger charge is 2.27. The van der Waals surface area contributed by atoms with Gasteiger partial charge >= 0.3 is 0 Å². The third-order valence-corrected chi connectivity index (χ3v) is 5.15. The fourth-order valence-corrected chi connectivity index (χ4v) is 3.50. The maximum Gasteiger partial charge on any atom is 0.270 e. The van der Waals surface area contributed by atoms with Gasteiger partial charge in [0.1, 0.15) is 6.61 Å². The zero-order valence-electron chi connectivity index (χ0n) is 12.9. The Kier molecular flexibility index (Phi) is 4.58. The predicted molar refractivity (Wildman–Crippen MR) is 105 cm³/mol. The summed E-state index contributed by atoms with van der Waals surface area (Å²) in [6.45, 7) is 0.179. The molecule has 0 spiro atoms. The molecule has 1 aromatic heterocycles. The molecule has 1 aliphatic heterocycles. The number of nitrogens with one attached hydrogen (secondary N) is 1. The van der Waals surface area contributed by atoms with Crippen LogP contribution in [0, 0.1) is 3.57 Å². The number of anilines is 1. The molecular formula is C18H13IN2O3S.